The van der Waals surface area contributed by atoms with E-state index < -0.39 is 0 Å². The molecule has 0 atom stereocenters. The van der Waals surface area contributed by atoms with E-state index in [2.05, 4.69) is 20.7 Å². The van der Waals surface area contributed by atoms with Crippen LogP contribution in [-0.2, 0) is 6.42 Å². The van der Waals surface area contributed by atoms with Gasteiger partial charge in [0.2, 0.25) is 0 Å². The van der Waals surface area contributed by atoms with Gasteiger partial charge in [0.25, 0.3) is 0 Å². The Bertz CT molecular complexity index is 350. The van der Waals surface area contributed by atoms with Gasteiger partial charge >= 0.3 is 0 Å². The Labute approximate surface area is 112 Å². The van der Waals surface area contributed by atoms with E-state index in [1.165, 1.54) is 6.33 Å². The van der Waals surface area contributed by atoms with Crippen LogP contribution < -0.4 is 16.6 Å². The van der Waals surface area contributed by atoms with Crippen molar-refractivity contribution in [3.05, 3.63) is 11.9 Å². The molecule has 0 aliphatic carbocycles. The van der Waals surface area contributed by atoms with Crippen LogP contribution in [0.3, 0.4) is 0 Å². The van der Waals surface area contributed by atoms with Gasteiger partial charge in [-0.2, -0.15) is 11.8 Å². The summed E-state index contributed by atoms with van der Waals surface area (Å²) in [6, 6.07) is 0. The maximum atomic E-state index is 8.66. The molecule has 0 radical (unpaired) electrons. The van der Waals surface area contributed by atoms with Crippen molar-refractivity contribution >= 4 is 23.4 Å². The molecule has 1 heterocycles. The van der Waals surface area contributed by atoms with Crippen molar-refractivity contribution in [1.29, 1.82) is 0 Å². The number of hydrogen-bond acceptors (Lipinski definition) is 7. The Morgan fingerprint density at radius 2 is 2.11 bits per heavy atom. The van der Waals surface area contributed by atoms with Crippen molar-refractivity contribution in [3.63, 3.8) is 0 Å². The lowest BCUT2D eigenvalue weighted by atomic mass is 10.2. The van der Waals surface area contributed by atoms with Crippen molar-refractivity contribution in [3.8, 4) is 0 Å². The normalized spacial score (nSPS) is 10.4. The number of nitrogen functional groups attached to an aromatic ring is 1. The largest absolute Gasteiger partial charge is 0.396 e. The fourth-order valence-electron chi connectivity index (χ4n) is 1.53. The number of nitrogens with zero attached hydrogens (tertiary/aromatic N) is 2. The lowest BCUT2D eigenvalue weighted by molar-refractivity contribution is 0.296. The molecule has 1 aromatic heterocycles. The highest BCUT2D eigenvalue weighted by Crippen LogP contribution is 2.19. The quantitative estimate of drug-likeness (QED) is 0.300. The van der Waals surface area contributed by atoms with Gasteiger partial charge in [-0.15, -0.1) is 0 Å². The molecule has 0 amide bonds. The van der Waals surface area contributed by atoms with Gasteiger partial charge in [-0.1, -0.05) is 6.92 Å². The maximum absolute atomic E-state index is 8.66. The number of rotatable bonds is 9. The third-order valence-corrected chi connectivity index (χ3v) is 3.49. The van der Waals surface area contributed by atoms with Crippen molar-refractivity contribution < 1.29 is 5.11 Å². The van der Waals surface area contributed by atoms with Gasteiger partial charge in [0.1, 0.15) is 18.0 Å². The van der Waals surface area contributed by atoms with E-state index in [0.29, 0.717) is 5.82 Å². The highest BCUT2D eigenvalue weighted by atomic mass is 32.2. The zero-order valence-corrected chi connectivity index (χ0v) is 11.5. The summed E-state index contributed by atoms with van der Waals surface area (Å²) in [4.78, 5) is 8.30. The summed E-state index contributed by atoms with van der Waals surface area (Å²) < 4.78 is 0. The van der Waals surface area contributed by atoms with E-state index in [4.69, 9.17) is 10.9 Å². The Kier molecular flexibility index (Phi) is 7.47. The van der Waals surface area contributed by atoms with Gasteiger partial charge in [0, 0.05) is 24.5 Å². The van der Waals surface area contributed by atoms with E-state index in [9.17, 15) is 0 Å². The first-order valence-electron chi connectivity index (χ1n) is 6.06. The molecule has 0 aliphatic heterocycles. The molecule has 0 fully saturated rings. The first kappa shape index (κ1) is 15.0. The molecular formula is C11H21N5OS. The van der Waals surface area contributed by atoms with Crippen molar-refractivity contribution in [1.82, 2.24) is 9.97 Å². The number of aromatic nitrogens is 2. The Morgan fingerprint density at radius 3 is 2.78 bits per heavy atom. The molecular weight excluding hydrogens is 250 g/mol. The summed E-state index contributed by atoms with van der Waals surface area (Å²) in [6.07, 6.45) is 3.16. The minimum Gasteiger partial charge on any atom is -0.396 e. The average molecular weight is 271 g/mol. The number of anilines is 2. The van der Waals surface area contributed by atoms with Gasteiger partial charge in [-0.3, -0.25) is 0 Å². The SMILES string of the molecule is CCc1c(NN)ncnc1NCCSCCCO. The van der Waals surface area contributed by atoms with Crippen molar-refractivity contribution in [2.45, 2.75) is 19.8 Å². The van der Waals surface area contributed by atoms with E-state index >= 15 is 0 Å². The number of thioether (sulfide) groups is 1. The van der Waals surface area contributed by atoms with E-state index in [1.807, 2.05) is 18.7 Å². The first-order chi connectivity index (χ1) is 8.83. The maximum Gasteiger partial charge on any atom is 0.148 e. The molecule has 0 aliphatic rings. The van der Waals surface area contributed by atoms with Crippen LogP contribution in [0.25, 0.3) is 0 Å². The van der Waals surface area contributed by atoms with Gasteiger partial charge in [-0.05, 0) is 18.6 Å². The van der Waals surface area contributed by atoms with Crippen molar-refractivity contribution in [2.75, 3.05) is 35.4 Å². The second kappa shape index (κ2) is 8.96. The predicted molar refractivity (Wildman–Crippen MR) is 76.7 cm³/mol. The van der Waals surface area contributed by atoms with Gasteiger partial charge in [-0.25, -0.2) is 15.8 Å². The van der Waals surface area contributed by atoms with Crippen LogP contribution in [0.1, 0.15) is 18.9 Å². The second-order valence-electron chi connectivity index (χ2n) is 3.66. The highest BCUT2D eigenvalue weighted by molar-refractivity contribution is 7.99. The Balaban J connectivity index is 2.41. The number of aliphatic hydroxyl groups is 1. The van der Waals surface area contributed by atoms with E-state index in [1.54, 1.807) is 0 Å². The van der Waals surface area contributed by atoms with Gasteiger partial charge in [0.15, 0.2) is 0 Å². The lowest BCUT2D eigenvalue weighted by Crippen LogP contribution is -2.15. The fourth-order valence-corrected chi connectivity index (χ4v) is 2.32. The molecule has 0 aromatic carbocycles. The molecule has 0 spiro atoms. The summed E-state index contributed by atoms with van der Waals surface area (Å²) in [6.45, 7) is 3.14. The molecule has 0 unspecified atom stereocenters. The molecule has 0 saturated heterocycles. The second-order valence-corrected chi connectivity index (χ2v) is 4.89. The molecule has 18 heavy (non-hydrogen) atoms. The minimum atomic E-state index is 0.262. The number of aliphatic hydroxyl groups excluding tert-OH is 1. The van der Waals surface area contributed by atoms with Crippen LogP contribution >= 0.6 is 11.8 Å². The third-order valence-electron chi connectivity index (χ3n) is 2.42. The van der Waals surface area contributed by atoms with E-state index in [0.717, 1.165) is 42.3 Å². The smallest absolute Gasteiger partial charge is 0.148 e. The summed E-state index contributed by atoms with van der Waals surface area (Å²) in [5.41, 5.74) is 3.58. The molecule has 1 rings (SSSR count). The van der Waals surface area contributed by atoms with Crippen molar-refractivity contribution in [2.24, 2.45) is 5.84 Å². The number of hydrogen-bond donors (Lipinski definition) is 4. The van der Waals surface area contributed by atoms with E-state index in [-0.39, 0.29) is 6.61 Å². The average Bonchev–Trinajstić information content (AvgIpc) is 2.42. The summed E-state index contributed by atoms with van der Waals surface area (Å²) in [5.74, 6) is 8.88. The predicted octanol–water partition coefficient (Wildman–Crippen LogP) is 0.852. The lowest BCUT2D eigenvalue weighted by Gasteiger charge is -2.12. The molecule has 0 saturated carbocycles. The third kappa shape index (κ3) is 4.67. The summed E-state index contributed by atoms with van der Waals surface area (Å²) in [7, 11) is 0. The molecule has 6 nitrogen and oxygen atoms in total. The van der Waals surface area contributed by atoms with Crippen LogP contribution in [0, 0.1) is 0 Å². The van der Waals surface area contributed by atoms with Gasteiger partial charge in [0.05, 0.1) is 0 Å². The number of hydrazine groups is 1. The number of nitrogens with one attached hydrogen (secondary N) is 2. The van der Waals surface area contributed by atoms with Crippen LogP contribution in [0.2, 0.25) is 0 Å². The molecule has 7 heteroatoms. The van der Waals surface area contributed by atoms with Crippen LogP contribution in [0.4, 0.5) is 11.6 Å². The monoisotopic (exact) mass is 271 g/mol. The molecule has 102 valence electrons. The van der Waals surface area contributed by atoms with Gasteiger partial charge < -0.3 is 15.8 Å². The van der Waals surface area contributed by atoms with Crippen LogP contribution in [-0.4, -0.2) is 39.7 Å². The zero-order chi connectivity index (χ0) is 13.2. The zero-order valence-electron chi connectivity index (χ0n) is 10.6. The molecule has 1 aromatic rings. The fraction of sp³-hybridized carbons (Fsp3) is 0.636. The Morgan fingerprint density at radius 1 is 1.33 bits per heavy atom. The molecule has 0 bridgehead atoms. The topological polar surface area (TPSA) is 96.1 Å². The minimum absolute atomic E-state index is 0.262. The highest BCUT2D eigenvalue weighted by Gasteiger charge is 2.07. The standard InChI is InChI=1S/C11H21N5OS/c1-2-9-10(14-8-15-11(9)16-12)13-4-7-18-6-3-5-17/h8,17H,2-7,12H2,1H3,(H2,13,14,15,16). The number of nitrogens with two attached hydrogens (primary N) is 1. The Hall–Kier alpha value is -1.05. The first-order valence-corrected chi connectivity index (χ1v) is 7.21. The summed E-state index contributed by atoms with van der Waals surface area (Å²) >= 11 is 1.81. The van der Waals surface area contributed by atoms with Crippen LogP contribution in [0.15, 0.2) is 6.33 Å². The van der Waals surface area contributed by atoms with Crippen LogP contribution in [0.5, 0.6) is 0 Å². The molecule has 5 N–H and O–H groups in total. The summed E-state index contributed by atoms with van der Waals surface area (Å²) in [5, 5.41) is 11.9.